The summed E-state index contributed by atoms with van der Waals surface area (Å²) in [5.41, 5.74) is 1.18. The van der Waals surface area contributed by atoms with Gasteiger partial charge in [0.25, 0.3) is 0 Å². The summed E-state index contributed by atoms with van der Waals surface area (Å²) in [6, 6.07) is 6.91. The molecule has 196 valence electrons. The maximum absolute atomic E-state index is 13.4. The number of sulfonamides is 1. The molecule has 2 unspecified atom stereocenters. The van der Waals surface area contributed by atoms with E-state index in [0.29, 0.717) is 34.6 Å². The molecule has 13 nitrogen and oxygen atoms in total. The van der Waals surface area contributed by atoms with Crippen molar-refractivity contribution >= 4 is 27.6 Å². The van der Waals surface area contributed by atoms with Gasteiger partial charge in [0.15, 0.2) is 17.4 Å². The highest BCUT2D eigenvalue weighted by atomic mass is 35.5. The van der Waals surface area contributed by atoms with Gasteiger partial charge in [-0.15, -0.1) is 10.2 Å². The fourth-order valence-electron chi connectivity index (χ4n) is 3.48. The van der Waals surface area contributed by atoms with Gasteiger partial charge in [-0.05, 0) is 19.4 Å². The zero-order valence-corrected chi connectivity index (χ0v) is 22.1. The minimum Gasteiger partial charge on any atom is -0.481 e. The monoisotopic (exact) mass is 548 g/mol. The van der Waals surface area contributed by atoms with Gasteiger partial charge in [0, 0.05) is 31.6 Å². The lowest BCUT2D eigenvalue weighted by Gasteiger charge is -2.22. The van der Waals surface area contributed by atoms with Gasteiger partial charge in [0.2, 0.25) is 21.9 Å². The summed E-state index contributed by atoms with van der Waals surface area (Å²) in [5.74, 6) is 1.26. The molecule has 0 amide bonds. The van der Waals surface area contributed by atoms with Crippen molar-refractivity contribution in [2.75, 3.05) is 18.9 Å². The van der Waals surface area contributed by atoms with Crippen molar-refractivity contribution in [1.29, 1.82) is 0 Å². The molecule has 0 bridgehead atoms. The van der Waals surface area contributed by atoms with Crippen molar-refractivity contribution in [1.82, 2.24) is 34.9 Å². The number of pyridine rings is 1. The van der Waals surface area contributed by atoms with E-state index in [1.165, 1.54) is 38.1 Å². The standard InChI is InChI=1S/C22H25ClN8O5S/c1-5-15-9-16(36-29-15)12-31-21(17-7-6-8-18(26-17)34-3)27-28-22(31)30-37(32,33)13(2)19(35-4)20-24-10-14(23)11-25-20/h6-11,13,19H,5,12H2,1-4H3,(H,28,30). The zero-order chi connectivity index (χ0) is 26.6. The molecule has 37 heavy (non-hydrogen) atoms. The highest BCUT2D eigenvalue weighted by Crippen LogP contribution is 2.27. The minimum atomic E-state index is -4.08. The molecule has 4 aromatic heterocycles. The number of anilines is 1. The van der Waals surface area contributed by atoms with E-state index in [0.717, 1.165) is 5.69 Å². The van der Waals surface area contributed by atoms with Crippen molar-refractivity contribution in [3.05, 3.63) is 59.0 Å². The molecule has 0 aliphatic heterocycles. The molecule has 0 aromatic carbocycles. The SMILES string of the molecule is CCc1cc(Cn2c(NS(=O)(=O)C(C)C(OC)c3ncc(Cl)cn3)nnc2-c2cccc(OC)n2)on1. The second kappa shape index (κ2) is 11.2. The van der Waals surface area contributed by atoms with Crippen LogP contribution in [0.2, 0.25) is 5.02 Å². The van der Waals surface area contributed by atoms with Crippen LogP contribution in [-0.4, -0.2) is 62.8 Å². The Hall–Kier alpha value is -3.62. The molecule has 2 atom stereocenters. The lowest BCUT2D eigenvalue weighted by Crippen LogP contribution is -2.33. The Balaban J connectivity index is 1.70. The van der Waals surface area contributed by atoms with E-state index in [4.69, 9.17) is 25.6 Å². The quantitative estimate of drug-likeness (QED) is 0.293. The molecular formula is C22H25ClN8O5S. The molecule has 0 saturated heterocycles. The van der Waals surface area contributed by atoms with Crippen molar-refractivity contribution in [3.8, 4) is 17.4 Å². The number of halogens is 1. The Labute approximate surface area is 218 Å². The smallest absolute Gasteiger partial charge is 0.240 e. The molecule has 0 aliphatic carbocycles. The Morgan fingerprint density at radius 3 is 2.59 bits per heavy atom. The third-order valence-electron chi connectivity index (χ3n) is 5.49. The Kier molecular flexibility index (Phi) is 8.00. The van der Waals surface area contributed by atoms with Crippen molar-refractivity contribution in [2.24, 2.45) is 0 Å². The van der Waals surface area contributed by atoms with Crippen LogP contribution in [-0.2, 0) is 27.7 Å². The van der Waals surface area contributed by atoms with Gasteiger partial charge in [-0.25, -0.2) is 23.4 Å². The highest BCUT2D eigenvalue weighted by Gasteiger charge is 2.34. The lowest BCUT2D eigenvalue weighted by molar-refractivity contribution is 0.0950. The second-order valence-electron chi connectivity index (χ2n) is 7.90. The number of rotatable bonds is 11. The first-order valence-electron chi connectivity index (χ1n) is 11.2. The minimum absolute atomic E-state index is 0.0483. The Morgan fingerprint density at radius 1 is 1.19 bits per heavy atom. The number of aryl methyl sites for hydroxylation is 1. The van der Waals surface area contributed by atoms with Gasteiger partial charge < -0.3 is 14.0 Å². The van der Waals surface area contributed by atoms with Gasteiger partial charge >= 0.3 is 0 Å². The van der Waals surface area contributed by atoms with Gasteiger partial charge in [-0.2, -0.15) is 0 Å². The van der Waals surface area contributed by atoms with Crippen molar-refractivity contribution in [3.63, 3.8) is 0 Å². The molecule has 4 heterocycles. The summed E-state index contributed by atoms with van der Waals surface area (Å²) in [4.78, 5) is 12.6. The third kappa shape index (κ3) is 5.87. The molecule has 0 radical (unpaired) electrons. The van der Waals surface area contributed by atoms with Crippen molar-refractivity contribution in [2.45, 2.75) is 38.2 Å². The van der Waals surface area contributed by atoms with E-state index in [9.17, 15) is 8.42 Å². The number of nitrogens with zero attached hydrogens (tertiary/aromatic N) is 7. The number of nitrogens with one attached hydrogen (secondary N) is 1. The average molecular weight is 549 g/mol. The topological polar surface area (TPSA) is 160 Å². The molecular weight excluding hydrogens is 524 g/mol. The molecule has 0 aliphatic rings. The van der Waals surface area contributed by atoms with Crippen LogP contribution in [0.3, 0.4) is 0 Å². The fourth-order valence-corrected chi connectivity index (χ4v) is 4.73. The summed E-state index contributed by atoms with van der Waals surface area (Å²) in [6.45, 7) is 3.52. The lowest BCUT2D eigenvalue weighted by atomic mass is 10.2. The number of hydrogen-bond donors (Lipinski definition) is 1. The first-order valence-corrected chi connectivity index (χ1v) is 13.1. The van der Waals surface area contributed by atoms with E-state index in [-0.39, 0.29) is 18.3 Å². The van der Waals surface area contributed by atoms with Gasteiger partial charge in [-0.1, -0.05) is 29.7 Å². The van der Waals surface area contributed by atoms with Crippen LogP contribution in [0, 0.1) is 0 Å². The average Bonchev–Trinajstić information content (AvgIpc) is 3.52. The van der Waals surface area contributed by atoms with E-state index < -0.39 is 21.4 Å². The number of aromatic nitrogens is 7. The predicted molar refractivity (Wildman–Crippen MR) is 134 cm³/mol. The molecule has 0 spiro atoms. The Morgan fingerprint density at radius 2 is 1.95 bits per heavy atom. The second-order valence-corrected chi connectivity index (χ2v) is 10.4. The first-order chi connectivity index (χ1) is 17.7. The first kappa shape index (κ1) is 26.4. The van der Waals surface area contributed by atoms with E-state index in [2.05, 4.69) is 35.0 Å². The van der Waals surface area contributed by atoms with Crippen LogP contribution in [0.4, 0.5) is 5.95 Å². The fraction of sp³-hybridized carbons (Fsp3) is 0.364. The molecule has 15 heteroatoms. The normalized spacial score (nSPS) is 13.3. The van der Waals surface area contributed by atoms with E-state index in [1.807, 2.05) is 6.92 Å². The van der Waals surface area contributed by atoms with Crippen LogP contribution in [0.15, 0.2) is 41.2 Å². The summed E-state index contributed by atoms with van der Waals surface area (Å²) < 4.78 is 47.0. The molecule has 4 aromatic rings. The molecule has 4 rings (SSSR count). The van der Waals surface area contributed by atoms with Crippen LogP contribution < -0.4 is 9.46 Å². The van der Waals surface area contributed by atoms with Crippen LogP contribution in [0.25, 0.3) is 11.5 Å². The van der Waals surface area contributed by atoms with Gasteiger partial charge in [0.1, 0.15) is 17.0 Å². The van der Waals surface area contributed by atoms with Crippen LogP contribution in [0.1, 0.15) is 37.2 Å². The Bertz CT molecular complexity index is 1460. The van der Waals surface area contributed by atoms with Crippen molar-refractivity contribution < 1.29 is 22.4 Å². The maximum Gasteiger partial charge on any atom is 0.240 e. The highest BCUT2D eigenvalue weighted by molar-refractivity contribution is 7.93. The summed E-state index contributed by atoms with van der Waals surface area (Å²) in [7, 11) is -1.21. The molecule has 1 N–H and O–H groups in total. The molecule has 0 saturated carbocycles. The summed E-state index contributed by atoms with van der Waals surface area (Å²) in [5, 5.41) is 11.5. The van der Waals surface area contributed by atoms with E-state index >= 15 is 0 Å². The van der Waals surface area contributed by atoms with Crippen LogP contribution >= 0.6 is 11.6 Å². The number of methoxy groups -OCH3 is 2. The number of ether oxygens (including phenoxy) is 2. The van der Waals surface area contributed by atoms with Gasteiger partial charge in [-0.3, -0.25) is 9.29 Å². The van der Waals surface area contributed by atoms with Crippen LogP contribution in [0.5, 0.6) is 5.88 Å². The summed E-state index contributed by atoms with van der Waals surface area (Å²) in [6.07, 6.45) is 2.44. The third-order valence-corrected chi connectivity index (χ3v) is 7.38. The zero-order valence-electron chi connectivity index (χ0n) is 20.5. The van der Waals surface area contributed by atoms with Gasteiger partial charge in [0.05, 0.1) is 24.4 Å². The predicted octanol–water partition coefficient (Wildman–Crippen LogP) is 2.91. The number of hydrogen-bond acceptors (Lipinski definition) is 11. The van der Waals surface area contributed by atoms with E-state index in [1.54, 1.807) is 24.3 Å². The summed E-state index contributed by atoms with van der Waals surface area (Å²) >= 11 is 5.86. The molecule has 0 fully saturated rings. The largest absolute Gasteiger partial charge is 0.481 e. The maximum atomic E-state index is 13.4.